The van der Waals surface area contributed by atoms with Crippen molar-refractivity contribution in [2.75, 3.05) is 13.2 Å². The summed E-state index contributed by atoms with van der Waals surface area (Å²) in [4.78, 5) is 11.1. The molecule has 4 nitrogen and oxygen atoms in total. The van der Waals surface area contributed by atoms with Crippen LogP contribution in [0.4, 0.5) is 0 Å². The first-order chi connectivity index (χ1) is 6.63. The number of carboxylic acid groups (broad SMARTS) is 1. The molecule has 4 heteroatoms. The molecule has 0 aliphatic heterocycles. The topological polar surface area (TPSA) is 83.5 Å². The van der Waals surface area contributed by atoms with Gasteiger partial charge in [0.05, 0.1) is 5.41 Å². The molecule has 0 bridgehead atoms. The molecule has 0 aliphatic carbocycles. The second-order valence-electron chi connectivity index (χ2n) is 3.72. The van der Waals surface area contributed by atoms with Crippen molar-refractivity contribution in [3.05, 3.63) is 0 Å². The van der Waals surface area contributed by atoms with E-state index >= 15 is 0 Å². The molecule has 84 valence electrons. The van der Waals surface area contributed by atoms with Crippen LogP contribution < -0.4 is 5.73 Å². The first-order valence-corrected chi connectivity index (χ1v) is 5.17. The maximum absolute atomic E-state index is 11.1. The molecule has 4 N–H and O–H groups in total. The molecule has 0 spiro atoms. The van der Waals surface area contributed by atoms with Crippen LogP contribution in [-0.2, 0) is 4.79 Å². The number of unbranched alkanes of at least 4 members (excludes halogenated alkanes) is 1. The summed E-state index contributed by atoms with van der Waals surface area (Å²) in [7, 11) is 0. The van der Waals surface area contributed by atoms with Crippen LogP contribution in [0.2, 0.25) is 0 Å². The van der Waals surface area contributed by atoms with E-state index in [4.69, 9.17) is 15.9 Å². The molecule has 0 fully saturated rings. The van der Waals surface area contributed by atoms with E-state index in [-0.39, 0.29) is 13.2 Å². The van der Waals surface area contributed by atoms with E-state index in [1.807, 2.05) is 6.92 Å². The van der Waals surface area contributed by atoms with Gasteiger partial charge in [0.1, 0.15) is 0 Å². The van der Waals surface area contributed by atoms with Gasteiger partial charge in [0.15, 0.2) is 0 Å². The summed E-state index contributed by atoms with van der Waals surface area (Å²) < 4.78 is 0. The third kappa shape index (κ3) is 3.64. The Balaban J connectivity index is 4.26. The van der Waals surface area contributed by atoms with Crippen molar-refractivity contribution in [2.24, 2.45) is 11.1 Å². The zero-order valence-corrected chi connectivity index (χ0v) is 8.83. The number of aliphatic carboxylic acids is 1. The van der Waals surface area contributed by atoms with Crippen LogP contribution in [0.1, 0.15) is 39.0 Å². The monoisotopic (exact) mass is 203 g/mol. The lowest BCUT2D eigenvalue weighted by Gasteiger charge is -2.27. The van der Waals surface area contributed by atoms with E-state index in [9.17, 15) is 4.79 Å². The number of hydrogen-bond acceptors (Lipinski definition) is 3. The second kappa shape index (κ2) is 6.79. The molecule has 1 unspecified atom stereocenters. The summed E-state index contributed by atoms with van der Waals surface area (Å²) in [6.07, 6.45) is 3.37. The van der Waals surface area contributed by atoms with E-state index in [2.05, 4.69) is 0 Å². The highest BCUT2D eigenvalue weighted by molar-refractivity contribution is 5.74. The van der Waals surface area contributed by atoms with Crippen LogP contribution in [0.5, 0.6) is 0 Å². The van der Waals surface area contributed by atoms with Crippen LogP contribution in [0.3, 0.4) is 0 Å². The third-order valence-corrected chi connectivity index (χ3v) is 2.64. The van der Waals surface area contributed by atoms with Gasteiger partial charge < -0.3 is 15.9 Å². The smallest absolute Gasteiger partial charge is 0.310 e. The van der Waals surface area contributed by atoms with E-state index < -0.39 is 11.4 Å². The molecule has 0 amide bonds. The maximum atomic E-state index is 11.1. The normalized spacial score (nSPS) is 15.1. The van der Waals surface area contributed by atoms with E-state index in [0.29, 0.717) is 19.3 Å². The van der Waals surface area contributed by atoms with Gasteiger partial charge in [-0.15, -0.1) is 0 Å². The van der Waals surface area contributed by atoms with Gasteiger partial charge in [-0.3, -0.25) is 4.79 Å². The number of aliphatic hydroxyl groups is 1. The molecule has 0 saturated heterocycles. The van der Waals surface area contributed by atoms with E-state index in [0.717, 1.165) is 12.8 Å². The van der Waals surface area contributed by atoms with Gasteiger partial charge in [0.2, 0.25) is 0 Å². The van der Waals surface area contributed by atoms with Crippen LogP contribution in [-0.4, -0.2) is 29.3 Å². The summed E-state index contributed by atoms with van der Waals surface area (Å²) >= 11 is 0. The van der Waals surface area contributed by atoms with Gasteiger partial charge in [-0.2, -0.15) is 0 Å². The molecule has 1 atom stereocenters. The Bertz CT molecular complexity index is 173. The highest BCUT2D eigenvalue weighted by Crippen LogP contribution is 2.29. The molecular formula is C10H21NO3. The molecule has 0 aromatic carbocycles. The Morgan fingerprint density at radius 2 is 2.00 bits per heavy atom. The summed E-state index contributed by atoms with van der Waals surface area (Å²) in [5.41, 5.74) is 4.76. The second-order valence-corrected chi connectivity index (χ2v) is 3.72. The zero-order valence-electron chi connectivity index (χ0n) is 8.83. The predicted molar refractivity (Wildman–Crippen MR) is 55.0 cm³/mol. The molecule has 0 aliphatic rings. The van der Waals surface area contributed by atoms with Crippen LogP contribution in [0.15, 0.2) is 0 Å². The average Bonchev–Trinajstić information content (AvgIpc) is 2.16. The van der Waals surface area contributed by atoms with E-state index in [1.165, 1.54) is 0 Å². The van der Waals surface area contributed by atoms with Crippen molar-refractivity contribution in [3.63, 3.8) is 0 Å². The van der Waals surface area contributed by atoms with Crippen molar-refractivity contribution in [1.29, 1.82) is 0 Å². The lowest BCUT2D eigenvalue weighted by Crippen LogP contribution is -2.38. The minimum atomic E-state index is -0.806. The van der Waals surface area contributed by atoms with Crippen molar-refractivity contribution < 1.29 is 15.0 Å². The number of nitrogens with two attached hydrogens (primary N) is 1. The number of carbonyl (C=O) groups is 1. The molecule has 0 aromatic rings. The Kier molecular flexibility index (Phi) is 6.49. The Labute approximate surface area is 85.1 Å². The van der Waals surface area contributed by atoms with Gasteiger partial charge in [0.25, 0.3) is 0 Å². The van der Waals surface area contributed by atoms with Crippen LogP contribution in [0, 0.1) is 5.41 Å². The zero-order chi connectivity index (χ0) is 11.0. The SMILES string of the molecule is CCCC(CN)(CCCCO)C(=O)O. The highest BCUT2D eigenvalue weighted by Gasteiger charge is 2.35. The number of rotatable bonds is 8. The first kappa shape index (κ1) is 13.4. The molecule has 0 rings (SSSR count). The standard InChI is InChI=1S/C10H21NO3/c1-2-5-10(8-11,9(13)14)6-3-4-7-12/h12H,2-8,11H2,1H3,(H,13,14). The average molecular weight is 203 g/mol. The quantitative estimate of drug-likeness (QED) is 0.513. The summed E-state index contributed by atoms with van der Waals surface area (Å²) in [5, 5.41) is 17.7. The number of hydrogen-bond donors (Lipinski definition) is 3. The fraction of sp³-hybridized carbons (Fsp3) is 0.900. The van der Waals surface area contributed by atoms with E-state index in [1.54, 1.807) is 0 Å². The van der Waals surface area contributed by atoms with Crippen molar-refractivity contribution in [1.82, 2.24) is 0 Å². The van der Waals surface area contributed by atoms with Gasteiger partial charge in [-0.05, 0) is 25.7 Å². The molecular weight excluding hydrogens is 182 g/mol. The predicted octanol–water partition coefficient (Wildman–Crippen LogP) is 0.979. The van der Waals surface area contributed by atoms with Gasteiger partial charge >= 0.3 is 5.97 Å². The Morgan fingerprint density at radius 3 is 2.36 bits per heavy atom. The van der Waals surface area contributed by atoms with Gasteiger partial charge in [-0.1, -0.05) is 13.3 Å². The lowest BCUT2D eigenvalue weighted by molar-refractivity contribution is -0.149. The molecule has 0 aromatic heterocycles. The van der Waals surface area contributed by atoms with Crippen molar-refractivity contribution in [3.8, 4) is 0 Å². The summed E-state index contributed by atoms with van der Waals surface area (Å²) in [5.74, 6) is -0.806. The van der Waals surface area contributed by atoms with Crippen LogP contribution >= 0.6 is 0 Å². The molecule has 0 radical (unpaired) electrons. The number of carboxylic acids is 1. The van der Waals surface area contributed by atoms with Crippen LogP contribution in [0.25, 0.3) is 0 Å². The molecule has 0 saturated carbocycles. The fourth-order valence-electron chi connectivity index (χ4n) is 1.68. The Morgan fingerprint density at radius 1 is 1.36 bits per heavy atom. The van der Waals surface area contributed by atoms with Crippen molar-refractivity contribution >= 4 is 5.97 Å². The largest absolute Gasteiger partial charge is 0.481 e. The third-order valence-electron chi connectivity index (χ3n) is 2.64. The molecule has 0 heterocycles. The van der Waals surface area contributed by atoms with Gasteiger partial charge in [-0.25, -0.2) is 0 Å². The minimum absolute atomic E-state index is 0.117. The van der Waals surface area contributed by atoms with Crippen molar-refractivity contribution in [2.45, 2.75) is 39.0 Å². The number of aliphatic hydroxyl groups excluding tert-OH is 1. The first-order valence-electron chi connectivity index (χ1n) is 5.17. The molecule has 14 heavy (non-hydrogen) atoms. The van der Waals surface area contributed by atoms with Gasteiger partial charge in [0, 0.05) is 13.2 Å². The maximum Gasteiger partial charge on any atom is 0.310 e. The minimum Gasteiger partial charge on any atom is -0.481 e. The Hall–Kier alpha value is -0.610. The fourth-order valence-corrected chi connectivity index (χ4v) is 1.68. The summed E-state index contributed by atoms with van der Waals surface area (Å²) in [6.45, 7) is 2.26. The summed E-state index contributed by atoms with van der Waals surface area (Å²) in [6, 6.07) is 0. The highest BCUT2D eigenvalue weighted by atomic mass is 16.4. The lowest BCUT2D eigenvalue weighted by atomic mass is 9.79.